The quantitative estimate of drug-likeness (QED) is 0.946. The van der Waals surface area contributed by atoms with Crippen LogP contribution in [0.3, 0.4) is 0 Å². The summed E-state index contributed by atoms with van der Waals surface area (Å²) < 4.78 is 2.36. The van der Waals surface area contributed by atoms with Gasteiger partial charge in [0.2, 0.25) is 0 Å². The van der Waals surface area contributed by atoms with Crippen molar-refractivity contribution in [3.05, 3.63) is 46.7 Å². The van der Waals surface area contributed by atoms with Crippen LogP contribution in [-0.2, 0) is 6.54 Å². The Balaban J connectivity index is 2.23. The molecule has 0 aliphatic rings. The lowest BCUT2D eigenvalue weighted by molar-refractivity contribution is 0.101. The summed E-state index contributed by atoms with van der Waals surface area (Å²) in [5, 5.41) is 6.94. The first-order valence-electron chi connectivity index (χ1n) is 5.30. The van der Waals surface area contributed by atoms with Gasteiger partial charge in [0.15, 0.2) is 0 Å². The topological polar surface area (TPSA) is 46.9 Å². The molecule has 4 nitrogen and oxygen atoms in total. The monoisotopic (exact) mass is 293 g/mol. The standard InChI is InChI=1S/C12H12BrN3O/c1-2-16-11(10(13)8-14-16)12(17)15-9-6-4-3-5-7-9/h3-8H,2H2,1H3,(H,15,17). The molecule has 0 saturated carbocycles. The molecule has 1 aromatic carbocycles. The van der Waals surface area contributed by atoms with E-state index in [0.29, 0.717) is 16.7 Å². The number of hydrogen-bond acceptors (Lipinski definition) is 2. The lowest BCUT2D eigenvalue weighted by Gasteiger charge is -2.07. The van der Waals surface area contributed by atoms with Crippen LogP contribution in [0.25, 0.3) is 0 Å². The second-order valence-electron chi connectivity index (χ2n) is 3.48. The van der Waals surface area contributed by atoms with Crippen molar-refractivity contribution in [2.24, 2.45) is 0 Å². The van der Waals surface area contributed by atoms with Gasteiger partial charge >= 0.3 is 0 Å². The van der Waals surface area contributed by atoms with E-state index in [2.05, 4.69) is 26.3 Å². The number of nitrogens with zero attached hydrogens (tertiary/aromatic N) is 2. The molecule has 0 aliphatic carbocycles. The van der Waals surface area contributed by atoms with Gasteiger partial charge in [0, 0.05) is 12.2 Å². The van der Waals surface area contributed by atoms with Crippen LogP contribution in [0.2, 0.25) is 0 Å². The normalized spacial score (nSPS) is 10.2. The number of hydrogen-bond donors (Lipinski definition) is 1. The predicted molar refractivity (Wildman–Crippen MR) is 70.0 cm³/mol. The maximum Gasteiger partial charge on any atom is 0.275 e. The zero-order valence-corrected chi connectivity index (χ0v) is 10.9. The molecule has 17 heavy (non-hydrogen) atoms. The average Bonchev–Trinajstić information content (AvgIpc) is 2.71. The summed E-state index contributed by atoms with van der Waals surface area (Å²) in [7, 11) is 0. The fraction of sp³-hybridized carbons (Fsp3) is 0.167. The van der Waals surface area contributed by atoms with Gasteiger partial charge in [0.25, 0.3) is 5.91 Å². The van der Waals surface area contributed by atoms with E-state index >= 15 is 0 Å². The third-order valence-electron chi connectivity index (χ3n) is 2.34. The number of para-hydroxylation sites is 1. The van der Waals surface area contributed by atoms with Gasteiger partial charge in [0.1, 0.15) is 5.69 Å². The number of carbonyl (C=O) groups excluding carboxylic acids is 1. The second kappa shape index (κ2) is 5.14. The molecule has 0 saturated heterocycles. The molecule has 0 fully saturated rings. The van der Waals surface area contributed by atoms with Crippen molar-refractivity contribution in [2.45, 2.75) is 13.5 Å². The number of rotatable bonds is 3. The van der Waals surface area contributed by atoms with Crippen molar-refractivity contribution in [3.63, 3.8) is 0 Å². The molecule has 1 heterocycles. The molecule has 2 aromatic rings. The SMILES string of the molecule is CCn1ncc(Br)c1C(=O)Nc1ccccc1. The van der Waals surface area contributed by atoms with E-state index in [1.807, 2.05) is 37.3 Å². The first-order chi connectivity index (χ1) is 8.22. The minimum absolute atomic E-state index is 0.164. The van der Waals surface area contributed by atoms with Crippen molar-refractivity contribution in [2.75, 3.05) is 5.32 Å². The lowest BCUT2D eigenvalue weighted by atomic mass is 10.3. The van der Waals surface area contributed by atoms with E-state index in [4.69, 9.17) is 0 Å². The predicted octanol–water partition coefficient (Wildman–Crippen LogP) is 2.92. The van der Waals surface area contributed by atoms with Crippen LogP contribution in [0.15, 0.2) is 41.0 Å². The minimum atomic E-state index is -0.164. The van der Waals surface area contributed by atoms with Gasteiger partial charge in [0.05, 0.1) is 10.7 Å². The molecule has 0 aliphatic heterocycles. The van der Waals surface area contributed by atoms with Gasteiger partial charge in [-0.25, -0.2) is 0 Å². The Bertz CT molecular complexity index is 522. The van der Waals surface area contributed by atoms with Gasteiger partial charge < -0.3 is 5.32 Å². The Morgan fingerprint density at radius 3 is 2.76 bits per heavy atom. The van der Waals surface area contributed by atoms with Crippen molar-refractivity contribution in [1.82, 2.24) is 9.78 Å². The molecule has 2 rings (SSSR count). The molecule has 0 atom stereocenters. The first-order valence-corrected chi connectivity index (χ1v) is 6.09. The maximum atomic E-state index is 12.1. The van der Waals surface area contributed by atoms with Gasteiger partial charge in [-0.05, 0) is 35.0 Å². The first kappa shape index (κ1) is 11.9. The zero-order chi connectivity index (χ0) is 12.3. The molecular formula is C12H12BrN3O. The Hall–Kier alpha value is -1.62. The summed E-state index contributed by atoms with van der Waals surface area (Å²) in [5.74, 6) is -0.164. The smallest absolute Gasteiger partial charge is 0.275 e. The number of anilines is 1. The Labute approximate surface area is 108 Å². The number of nitrogens with one attached hydrogen (secondary N) is 1. The molecule has 1 N–H and O–H groups in total. The van der Waals surface area contributed by atoms with Crippen LogP contribution in [-0.4, -0.2) is 15.7 Å². The number of amides is 1. The summed E-state index contributed by atoms with van der Waals surface area (Å²) >= 11 is 3.33. The van der Waals surface area contributed by atoms with E-state index in [1.54, 1.807) is 10.9 Å². The number of benzene rings is 1. The van der Waals surface area contributed by atoms with Crippen LogP contribution < -0.4 is 5.32 Å². The highest BCUT2D eigenvalue weighted by Crippen LogP contribution is 2.17. The van der Waals surface area contributed by atoms with Crippen molar-refractivity contribution in [3.8, 4) is 0 Å². The average molecular weight is 294 g/mol. The van der Waals surface area contributed by atoms with Gasteiger partial charge in [-0.3, -0.25) is 9.48 Å². The number of aromatic nitrogens is 2. The van der Waals surface area contributed by atoms with Crippen molar-refractivity contribution in [1.29, 1.82) is 0 Å². The molecule has 5 heteroatoms. The molecular weight excluding hydrogens is 282 g/mol. The summed E-state index contributed by atoms with van der Waals surface area (Å²) in [6.07, 6.45) is 1.63. The summed E-state index contributed by atoms with van der Waals surface area (Å²) in [6.45, 7) is 2.60. The van der Waals surface area contributed by atoms with E-state index in [-0.39, 0.29) is 5.91 Å². The van der Waals surface area contributed by atoms with Crippen molar-refractivity contribution >= 4 is 27.5 Å². The Morgan fingerprint density at radius 1 is 1.41 bits per heavy atom. The number of aryl methyl sites for hydroxylation is 1. The van der Waals surface area contributed by atoms with Crippen molar-refractivity contribution < 1.29 is 4.79 Å². The van der Waals surface area contributed by atoms with Crippen LogP contribution >= 0.6 is 15.9 Å². The van der Waals surface area contributed by atoms with E-state index < -0.39 is 0 Å². The largest absolute Gasteiger partial charge is 0.321 e. The summed E-state index contributed by atoms with van der Waals surface area (Å²) in [6, 6.07) is 9.35. The highest BCUT2D eigenvalue weighted by molar-refractivity contribution is 9.10. The van der Waals surface area contributed by atoms with Gasteiger partial charge in [-0.15, -0.1) is 0 Å². The van der Waals surface area contributed by atoms with E-state index in [1.165, 1.54) is 0 Å². The lowest BCUT2D eigenvalue weighted by Crippen LogP contribution is -2.17. The molecule has 0 spiro atoms. The minimum Gasteiger partial charge on any atom is -0.321 e. The fourth-order valence-electron chi connectivity index (χ4n) is 1.54. The maximum absolute atomic E-state index is 12.1. The van der Waals surface area contributed by atoms with Gasteiger partial charge in [-0.2, -0.15) is 5.10 Å². The fourth-order valence-corrected chi connectivity index (χ4v) is 2.02. The van der Waals surface area contributed by atoms with Gasteiger partial charge in [-0.1, -0.05) is 18.2 Å². The molecule has 1 amide bonds. The molecule has 0 bridgehead atoms. The van der Waals surface area contributed by atoms with E-state index in [0.717, 1.165) is 5.69 Å². The highest BCUT2D eigenvalue weighted by atomic mass is 79.9. The Morgan fingerprint density at radius 2 is 2.12 bits per heavy atom. The molecule has 0 unspecified atom stereocenters. The summed E-state index contributed by atoms with van der Waals surface area (Å²) in [5.41, 5.74) is 1.31. The third kappa shape index (κ3) is 2.55. The van der Waals surface area contributed by atoms with Crippen LogP contribution in [0.4, 0.5) is 5.69 Å². The molecule has 88 valence electrons. The molecule has 1 aromatic heterocycles. The third-order valence-corrected chi connectivity index (χ3v) is 2.92. The van der Waals surface area contributed by atoms with Crippen LogP contribution in [0.1, 0.15) is 17.4 Å². The summed E-state index contributed by atoms with van der Waals surface area (Å²) in [4.78, 5) is 12.1. The number of carbonyl (C=O) groups is 1. The molecule has 0 radical (unpaired) electrons. The number of halogens is 1. The zero-order valence-electron chi connectivity index (χ0n) is 9.35. The van der Waals surface area contributed by atoms with Crippen LogP contribution in [0, 0.1) is 0 Å². The van der Waals surface area contributed by atoms with E-state index in [9.17, 15) is 4.79 Å². The second-order valence-corrected chi connectivity index (χ2v) is 4.33. The Kier molecular flexibility index (Phi) is 3.58. The van der Waals surface area contributed by atoms with Crippen LogP contribution in [0.5, 0.6) is 0 Å². The highest BCUT2D eigenvalue weighted by Gasteiger charge is 2.16.